The van der Waals surface area contributed by atoms with Crippen molar-refractivity contribution in [1.29, 1.82) is 0 Å². The number of hydrogen-bond acceptors (Lipinski definition) is 5. The van der Waals surface area contributed by atoms with Crippen LogP contribution in [0, 0.1) is 5.92 Å². The molecule has 1 aromatic carbocycles. The molecule has 188 valence electrons. The molecule has 4 aliphatic rings. The van der Waals surface area contributed by atoms with Gasteiger partial charge in [0, 0.05) is 23.7 Å². The van der Waals surface area contributed by atoms with Gasteiger partial charge in [0.15, 0.2) is 0 Å². The van der Waals surface area contributed by atoms with Crippen molar-refractivity contribution in [3.8, 4) is 0 Å². The van der Waals surface area contributed by atoms with Crippen LogP contribution in [0.2, 0.25) is 0 Å². The Balaban J connectivity index is 1.22. The Hall–Kier alpha value is -3.40. The maximum absolute atomic E-state index is 13.7. The zero-order chi connectivity index (χ0) is 25.0. The number of urea groups is 2. The van der Waals surface area contributed by atoms with Crippen LogP contribution in [-0.4, -0.2) is 53.3 Å². The van der Waals surface area contributed by atoms with Crippen molar-refractivity contribution >= 4 is 40.9 Å². The number of carbonyl (C=O) groups is 4. The highest BCUT2D eigenvalue weighted by atomic mass is 32.1. The molecule has 10 heteroatoms. The van der Waals surface area contributed by atoms with Crippen molar-refractivity contribution < 1.29 is 19.2 Å². The molecule has 1 saturated heterocycles. The van der Waals surface area contributed by atoms with E-state index in [4.69, 9.17) is 0 Å². The highest BCUT2D eigenvalue weighted by molar-refractivity contribution is 7.10. The van der Waals surface area contributed by atoms with Crippen molar-refractivity contribution in [2.45, 2.75) is 56.7 Å². The average molecular weight is 508 g/mol. The van der Waals surface area contributed by atoms with Gasteiger partial charge in [-0.25, -0.2) is 9.59 Å². The summed E-state index contributed by atoms with van der Waals surface area (Å²) in [6.07, 6.45) is 5.15. The summed E-state index contributed by atoms with van der Waals surface area (Å²) >= 11 is 1.67. The lowest BCUT2D eigenvalue weighted by Crippen LogP contribution is -2.48. The van der Waals surface area contributed by atoms with E-state index in [1.54, 1.807) is 23.5 Å². The van der Waals surface area contributed by atoms with Crippen LogP contribution in [0.4, 0.5) is 15.3 Å². The van der Waals surface area contributed by atoms with E-state index < -0.39 is 11.6 Å². The maximum Gasteiger partial charge on any atom is 0.325 e. The Morgan fingerprint density at radius 2 is 1.97 bits per heavy atom. The number of benzene rings is 1. The first-order chi connectivity index (χ1) is 17.4. The Bertz CT molecular complexity index is 1270. The molecule has 0 bridgehead atoms. The fourth-order valence-corrected chi connectivity index (χ4v) is 6.93. The molecule has 2 fully saturated rings. The first kappa shape index (κ1) is 23.0. The molecular weight excluding hydrogens is 478 g/mol. The number of fused-ring (bicyclic) bond motifs is 3. The normalized spacial score (nSPS) is 24.9. The third kappa shape index (κ3) is 3.75. The fraction of sp³-hybridized carbons (Fsp3) is 0.462. The molecule has 6 rings (SSSR count). The summed E-state index contributed by atoms with van der Waals surface area (Å²) in [4.78, 5) is 56.2. The summed E-state index contributed by atoms with van der Waals surface area (Å²) in [6.45, 7) is 0.299. The monoisotopic (exact) mass is 507 g/mol. The number of carbonyl (C=O) groups excluding carboxylic acids is 4. The van der Waals surface area contributed by atoms with Crippen LogP contribution in [0.15, 0.2) is 29.6 Å². The third-order valence-electron chi connectivity index (χ3n) is 8.04. The molecule has 9 nitrogen and oxygen atoms in total. The lowest BCUT2D eigenvalue weighted by Gasteiger charge is -2.31. The second-order valence-electron chi connectivity index (χ2n) is 10.1. The number of hydrogen-bond donors (Lipinski definition) is 3. The minimum atomic E-state index is -1.16. The van der Waals surface area contributed by atoms with E-state index in [1.165, 1.54) is 17.5 Å². The zero-order valence-corrected chi connectivity index (χ0v) is 21.0. The minimum absolute atomic E-state index is 0.158. The molecule has 36 heavy (non-hydrogen) atoms. The van der Waals surface area contributed by atoms with Gasteiger partial charge in [-0.1, -0.05) is 6.07 Å². The first-order valence-electron chi connectivity index (χ1n) is 12.5. The summed E-state index contributed by atoms with van der Waals surface area (Å²) in [6, 6.07) is 6.80. The van der Waals surface area contributed by atoms with E-state index in [0.717, 1.165) is 41.7 Å². The van der Waals surface area contributed by atoms with Crippen molar-refractivity contribution in [2.24, 2.45) is 5.92 Å². The molecule has 1 saturated carbocycles. The standard InChI is InChI=1S/C26H29N5O4S/c1-27-24(34)28-18-5-6-19-17(12-18)8-10-26(19)23(33)31(25(35)29-26)14-22(32)30-13-21-16(9-11-36-21)4-7-20(30)15-2-3-15/h5-6,9,11-12,15,20H,2-4,7-8,10,13-14H2,1H3,(H,29,35)(H2,27,28,34)/t20?,26-/m1/s1. The number of aryl methyl sites for hydroxylation is 2. The largest absolute Gasteiger partial charge is 0.341 e. The van der Waals surface area contributed by atoms with E-state index in [0.29, 0.717) is 31.0 Å². The van der Waals surface area contributed by atoms with Gasteiger partial charge in [0.25, 0.3) is 5.91 Å². The van der Waals surface area contributed by atoms with Gasteiger partial charge >= 0.3 is 12.1 Å². The Kier molecular flexibility index (Phi) is 5.51. The number of amides is 6. The van der Waals surface area contributed by atoms with Crippen molar-refractivity contribution in [2.75, 3.05) is 18.9 Å². The molecule has 2 aliphatic heterocycles. The number of rotatable bonds is 4. The quantitative estimate of drug-likeness (QED) is 0.553. The predicted molar refractivity (Wildman–Crippen MR) is 134 cm³/mol. The number of nitrogens with one attached hydrogen (secondary N) is 3. The van der Waals surface area contributed by atoms with Gasteiger partial charge in [-0.2, -0.15) is 0 Å². The van der Waals surface area contributed by atoms with Crippen LogP contribution in [0.3, 0.4) is 0 Å². The molecule has 2 atom stereocenters. The Labute approximate surface area is 213 Å². The summed E-state index contributed by atoms with van der Waals surface area (Å²) in [5.41, 5.74) is 2.40. The van der Waals surface area contributed by atoms with Gasteiger partial charge in [-0.15, -0.1) is 11.3 Å². The number of anilines is 1. The van der Waals surface area contributed by atoms with E-state index >= 15 is 0 Å². The number of thiophene rings is 1. The molecule has 1 unspecified atom stereocenters. The molecule has 0 radical (unpaired) electrons. The highest BCUT2D eigenvalue weighted by Gasteiger charge is 2.56. The van der Waals surface area contributed by atoms with E-state index in [9.17, 15) is 19.2 Å². The zero-order valence-electron chi connectivity index (χ0n) is 20.1. The molecule has 2 aliphatic carbocycles. The Morgan fingerprint density at radius 3 is 2.75 bits per heavy atom. The van der Waals surface area contributed by atoms with Crippen LogP contribution < -0.4 is 16.0 Å². The smallest absolute Gasteiger partial charge is 0.325 e. The fourth-order valence-electron chi connectivity index (χ4n) is 6.00. The van der Waals surface area contributed by atoms with E-state index in [-0.39, 0.29) is 30.4 Å². The summed E-state index contributed by atoms with van der Waals surface area (Å²) in [5.74, 6) is -0.0324. The van der Waals surface area contributed by atoms with Crippen LogP contribution in [0.5, 0.6) is 0 Å². The van der Waals surface area contributed by atoms with Gasteiger partial charge in [0.2, 0.25) is 5.91 Å². The van der Waals surface area contributed by atoms with Crippen LogP contribution in [-0.2, 0) is 34.5 Å². The molecular formula is C26H29N5O4S. The molecule has 2 aromatic rings. The van der Waals surface area contributed by atoms with Crippen LogP contribution in [0.25, 0.3) is 0 Å². The van der Waals surface area contributed by atoms with Crippen LogP contribution in [0.1, 0.15) is 47.3 Å². The first-order valence-corrected chi connectivity index (χ1v) is 13.4. The summed E-state index contributed by atoms with van der Waals surface area (Å²) in [7, 11) is 1.54. The lowest BCUT2D eigenvalue weighted by atomic mass is 9.91. The molecule has 1 aromatic heterocycles. The van der Waals surface area contributed by atoms with E-state index in [1.807, 2.05) is 11.0 Å². The highest BCUT2D eigenvalue weighted by Crippen LogP contribution is 2.43. The van der Waals surface area contributed by atoms with Gasteiger partial charge in [-0.05, 0) is 84.7 Å². The second-order valence-corrected chi connectivity index (χ2v) is 11.1. The SMILES string of the molecule is CNC(=O)Nc1ccc2c(c1)CC[C@@]21NC(=O)N(CC(=O)N2Cc3sccc3CCC2C2CC2)C1=O. The Morgan fingerprint density at radius 1 is 1.14 bits per heavy atom. The molecule has 1 spiro atoms. The van der Waals surface area contributed by atoms with Gasteiger partial charge in [-0.3, -0.25) is 14.5 Å². The third-order valence-corrected chi connectivity index (χ3v) is 8.98. The average Bonchev–Trinajstić information content (AvgIpc) is 3.50. The van der Waals surface area contributed by atoms with Gasteiger partial charge in [0.1, 0.15) is 12.1 Å². The van der Waals surface area contributed by atoms with Crippen molar-refractivity contribution in [3.05, 3.63) is 51.2 Å². The van der Waals surface area contributed by atoms with Gasteiger partial charge in [0.05, 0.1) is 6.54 Å². The van der Waals surface area contributed by atoms with Gasteiger partial charge < -0.3 is 20.9 Å². The van der Waals surface area contributed by atoms with Crippen molar-refractivity contribution in [3.63, 3.8) is 0 Å². The molecule has 6 amide bonds. The topological polar surface area (TPSA) is 111 Å². The molecule has 3 N–H and O–H groups in total. The molecule has 3 heterocycles. The number of nitrogens with zero attached hydrogens (tertiary/aromatic N) is 2. The summed E-state index contributed by atoms with van der Waals surface area (Å²) in [5, 5.41) is 10.2. The van der Waals surface area contributed by atoms with Crippen LogP contribution >= 0.6 is 11.3 Å². The van der Waals surface area contributed by atoms with E-state index in [2.05, 4.69) is 27.4 Å². The summed E-state index contributed by atoms with van der Waals surface area (Å²) < 4.78 is 0. The minimum Gasteiger partial charge on any atom is -0.341 e. The second kappa shape index (κ2) is 8.62. The maximum atomic E-state index is 13.7. The predicted octanol–water partition coefficient (Wildman–Crippen LogP) is 2.95. The number of imide groups is 1. The lowest BCUT2D eigenvalue weighted by molar-refractivity contribution is -0.141. The van der Waals surface area contributed by atoms with Crippen molar-refractivity contribution in [1.82, 2.24) is 20.4 Å².